The van der Waals surface area contributed by atoms with E-state index in [1.165, 1.54) is 5.92 Å². The highest BCUT2D eigenvalue weighted by molar-refractivity contribution is 6.90. The predicted molar refractivity (Wildman–Crippen MR) is 198 cm³/mol. The molecule has 13 fully saturated rings. The third kappa shape index (κ3) is 2.18. The Morgan fingerprint density at radius 3 is 2.00 bits per heavy atom. The molecule has 254 valence electrons. The van der Waals surface area contributed by atoms with Gasteiger partial charge in [-0.3, -0.25) is 0 Å². The molecule has 0 N–H and O–H groups in total. The van der Waals surface area contributed by atoms with Crippen molar-refractivity contribution < 1.29 is 0 Å². The zero-order chi connectivity index (χ0) is 31.6. The van der Waals surface area contributed by atoms with Gasteiger partial charge in [-0.1, -0.05) is 95.2 Å². The van der Waals surface area contributed by atoms with Gasteiger partial charge in [0.15, 0.2) is 0 Å². The van der Waals surface area contributed by atoms with Gasteiger partial charge in [0.1, 0.15) is 0 Å². The first-order valence-corrected chi connectivity index (χ1v) is 25.7. The van der Waals surface area contributed by atoms with Crippen LogP contribution in [0, 0.1) is 153 Å². The van der Waals surface area contributed by atoms with E-state index in [1.54, 1.807) is 49.8 Å². The van der Waals surface area contributed by atoms with Gasteiger partial charge in [-0.15, -0.1) is 0 Å². The Morgan fingerprint density at radius 2 is 1.22 bits per heavy atom. The first kappa shape index (κ1) is 26.2. The van der Waals surface area contributed by atoms with Crippen LogP contribution in [0.25, 0.3) is 0 Å². The molecule has 0 radical (unpaired) electrons. The van der Waals surface area contributed by atoms with Crippen molar-refractivity contribution in [1.82, 2.24) is 0 Å². The van der Waals surface area contributed by atoms with Crippen molar-refractivity contribution in [2.24, 2.45) is 153 Å². The molecule has 26 atom stereocenters. The fourth-order valence-corrected chi connectivity index (χ4v) is 27.8. The normalized spacial score (nSPS) is 67.4. The van der Waals surface area contributed by atoms with Crippen molar-refractivity contribution in [2.45, 2.75) is 57.7 Å². The van der Waals surface area contributed by atoms with E-state index in [1.807, 2.05) is 5.57 Å². The molecule has 0 bridgehead atoms. The highest BCUT2D eigenvalue weighted by Gasteiger charge is 2.88. The fourth-order valence-electron chi connectivity index (χ4n) is 24.4. The molecule has 1 aromatic carbocycles. The van der Waals surface area contributed by atoms with Crippen LogP contribution >= 0.6 is 0 Å². The number of allylic oxidation sites excluding steroid dienone is 8. The quantitative estimate of drug-likeness (QED) is 0.222. The minimum Gasteiger partial charge on any atom is -0.0801 e. The van der Waals surface area contributed by atoms with E-state index in [0.717, 1.165) is 136 Å². The Labute approximate surface area is 300 Å². The lowest BCUT2D eigenvalue weighted by molar-refractivity contribution is -0.154. The molecule has 0 aromatic heterocycles. The van der Waals surface area contributed by atoms with Gasteiger partial charge in [0.25, 0.3) is 0 Å². The maximum atomic E-state index is 2.94. The summed E-state index contributed by atoms with van der Waals surface area (Å²) in [7, 11) is -1.72. The van der Waals surface area contributed by atoms with Crippen LogP contribution in [0.2, 0.25) is 19.1 Å². The fraction of sp³-hybridized carbons (Fsp3) is 0.714. The first-order valence-electron chi connectivity index (χ1n) is 22.5. The third-order valence-electron chi connectivity index (χ3n) is 23.4. The molecule has 0 nitrogen and oxygen atoms in total. The summed E-state index contributed by atoms with van der Waals surface area (Å²) in [6.45, 7) is 5.68. The third-order valence-corrected chi connectivity index (χ3v) is 26.8. The second-order valence-corrected chi connectivity index (χ2v) is 28.0. The van der Waals surface area contributed by atoms with Gasteiger partial charge in [0.2, 0.25) is 0 Å². The molecule has 13 saturated carbocycles. The second kappa shape index (κ2) is 7.53. The van der Waals surface area contributed by atoms with Crippen molar-refractivity contribution in [3.63, 3.8) is 0 Å². The van der Waals surface area contributed by atoms with Gasteiger partial charge < -0.3 is 0 Å². The lowest BCUT2D eigenvalue weighted by Gasteiger charge is -2.64. The van der Waals surface area contributed by atoms with E-state index >= 15 is 0 Å². The SMILES string of the molecule is C[Si](C)(CC12C3=CC=C4C5C=CC6C7=C5C(C5C8C7C7C6CCC6C9CCC%10C%11CCC3C3C%11C%11C%10C9C(C67)C8C%11C5C31)C42)c1ccccc1. The molecule has 0 heterocycles. The Bertz CT molecular complexity index is 2030. The maximum Gasteiger partial charge on any atom is 0.0815 e. The lowest BCUT2D eigenvalue weighted by atomic mass is 9.41. The van der Waals surface area contributed by atoms with E-state index in [4.69, 9.17) is 0 Å². The number of hydrogen-bond donors (Lipinski definition) is 0. The summed E-state index contributed by atoms with van der Waals surface area (Å²) in [5.41, 5.74) is 8.89. The zero-order valence-electron chi connectivity index (χ0n) is 30.1. The number of hydrogen-bond acceptors (Lipinski definition) is 0. The van der Waals surface area contributed by atoms with Crippen molar-refractivity contribution in [1.29, 1.82) is 0 Å². The van der Waals surface area contributed by atoms with Gasteiger partial charge in [0.05, 0.1) is 8.07 Å². The van der Waals surface area contributed by atoms with Crippen molar-refractivity contribution in [3.8, 4) is 0 Å². The molecule has 0 saturated heterocycles. The van der Waals surface area contributed by atoms with Crippen LogP contribution < -0.4 is 5.19 Å². The van der Waals surface area contributed by atoms with Crippen LogP contribution in [0.15, 0.2) is 76.9 Å². The molecule has 0 spiro atoms. The van der Waals surface area contributed by atoms with Gasteiger partial charge in [-0.2, -0.15) is 0 Å². The summed E-state index contributed by atoms with van der Waals surface area (Å²) in [6.07, 6.45) is 21.4. The first-order chi connectivity index (χ1) is 24.6. The van der Waals surface area contributed by atoms with Crippen molar-refractivity contribution >= 4 is 13.3 Å². The van der Waals surface area contributed by atoms with Gasteiger partial charge >= 0.3 is 0 Å². The Kier molecular flexibility index (Phi) is 3.95. The van der Waals surface area contributed by atoms with Crippen LogP contribution in [0.5, 0.6) is 0 Å². The monoisotopic (exact) mass is 670 g/mol. The largest absolute Gasteiger partial charge is 0.0815 e. The zero-order valence-corrected chi connectivity index (χ0v) is 31.1. The molecule has 16 aliphatic rings. The summed E-state index contributed by atoms with van der Waals surface area (Å²) in [6, 6.07) is 13.8. The Morgan fingerprint density at radius 1 is 0.580 bits per heavy atom. The van der Waals surface area contributed by atoms with Crippen molar-refractivity contribution in [2.75, 3.05) is 0 Å². The standard InChI is InChI=1S/C49H54Si/c1-50(2,19-6-4-3-5-7-19)18-49-29-17-16-27-26-13-12-23-22-9-8-20-21-10-11-24-25-14-15-28(29)37-36(25)40-33(24)32(21)38-30(20)31(22)39-34(23)35(26)45(47(27)49)44-42(39)41(38)43(40)46(44)48(37)49/h3-7,12-13,16-17,20-26,28,30-33,36-48H,8-11,14-15,18H2,1-2H3. The summed E-state index contributed by atoms with van der Waals surface area (Å²) < 4.78 is 0. The molecule has 17 rings (SSSR count). The smallest absolute Gasteiger partial charge is 0.0801 e. The minimum absolute atomic E-state index is 0.463. The number of benzene rings is 1. The van der Waals surface area contributed by atoms with E-state index in [9.17, 15) is 0 Å². The maximum absolute atomic E-state index is 2.94. The highest BCUT2D eigenvalue weighted by atomic mass is 28.3. The van der Waals surface area contributed by atoms with E-state index < -0.39 is 8.07 Å². The molecule has 16 aliphatic carbocycles. The average molecular weight is 671 g/mol. The van der Waals surface area contributed by atoms with Crippen LogP contribution in [0.4, 0.5) is 0 Å². The summed E-state index contributed by atoms with van der Waals surface area (Å²) >= 11 is 0. The molecular weight excluding hydrogens is 617 g/mol. The van der Waals surface area contributed by atoms with E-state index in [-0.39, 0.29) is 0 Å². The van der Waals surface area contributed by atoms with Crippen molar-refractivity contribution in [3.05, 3.63) is 76.9 Å². The van der Waals surface area contributed by atoms with E-state index in [2.05, 4.69) is 84.4 Å². The average Bonchev–Trinajstić information content (AvgIpc) is 3.95. The van der Waals surface area contributed by atoms with Crippen LogP contribution in [-0.2, 0) is 0 Å². The molecular formula is C49H54Si. The molecule has 26 unspecified atom stereocenters. The minimum atomic E-state index is -1.72. The van der Waals surface area contributed by atoms with E-state index in [0.29, 0.717) is 11.3 Å². The van der Waals surface area contributed by atoms with Crippen LogP contribution in [-0.4, -0.2) is 8.07 Å². The van der Waals surface area contributed by atoms with Crippen LogP contribution in [0.1, 0.15) is 38.5 Å². The number of fused-ring (bicyclic) bond motifs is 5. The van der Waals surface area contributed by atoms with Gasteiger partial charge in [0, 0.05) is 17.3 Å². The predicted octanol–water partition coefficient (Wildman–Crippen LogP) is 9.26. The molecule has 1 aromatic rings. The summed E-state index contributed by atoms with van der Waals surface area (Å²) in [5, 5.41) is 1.76. The van der Waals surface area contributed by atoms with Crippen LogP contribution in [0.3, 0.4) is 0 Å². The molecule has 50 heavy (non-hydrogen) atoms. The second-order valence-electron chi connectivity index (χ2n) is 23.3. The topological polar surface area (TPSA) is 0 Å². The summed E-state index contributed by atoms with van der Waals surface area (Å²) in [4.78, 5) is 0. The Hall–Kier alpha value is -1.60. The van der Waals surface area contributed by atoms with Gasteiger partial charge in [-0.05, 0) is 181 Å². The summed E-state index contributed by atoms with van der Waals surface area (Å²) in [5.74, 6) is 26.4. The molecule has 1 heteroatoms. The Balaban J connectivity index is 1.02. The van der Waals surface area contributed by atoms with Gasteiger partial charge in [-0.25, -0.2) is 0 Å². The molecule has 0 amide bonds. The highest BCUT2D eigenvalue weighted by Crippen LogP contribution is 2.93. The number of rotatable bonds is 3. The molecule has 0 aliphatic heterocycles. The lowest BCUT2D eigenvalue weighted by Crippen LogP contribution is -2.62.